The molecule has 0 bridgehead atoms. The van der Waals surface area contributed by atoms with E-state index in [1.54, 1.807) is 0 Å². The first kappa shape index (κ1) is 38.1. The third-order valence-corrected chi connectivity index (χ3v) is 8.21. The van der Waals surface area contributed by atoms with Gasteiger partial charge < -0.3 is 6.15 Å². The molecule has 0 spiro atoms. The lowest BCUT2D eigenvalue weighted by Crippen LogP contribution is -1.85. The largest absolute Gasteiger partial charge is 0.344 e. The zero-order chi connectivity index (χ0) is 25.3. The molecule has 0 aromatic carbocycles. The van der Waals surface area contributed by atoms with Crippen LogP contribution < -0.4 is 6.15 Å². The van der Waals surface area contributed by atoms with E-state index < -0.39 is 0 Å². The quantitative estimate of drug-likeness (QED) is 0.0899. The lowest BCUT2D eigenvalue weighted by Gasteiger charge is -2.04. The van der Waals surface area contributed by atoms with Gasteiger partial charge in [-0.05, 0) is 0 Å². The number of hydrogen-bond acceptors (Lipinski definition) is 1. The Labute approximate surface area is 231 Å². The topological polar surface area (TPSA) is 35.0 Å². The van der Waals surface area contributed by atoms with E-state index in [0.717, 1.165) is 0 Å². The summed E-state index contributed by atoms with van der Waals surface area (Å²) in [4.78, 5) is 0. The van der Waals surface area contributed by atoms with Crippen molar-refractivity contribution in [1.82, 2.24) is 6.15 Å². The van der Waals surface area contributed by atoms with E-state index in [4.69, 9.17) is 0 Å². The van der Waals surface area contributed by atoms with E-state index in [2.05, 4.69) is 13.8 Å². The van der Waals surface area contributed by atoms with Gasteiger partial charge in [-0.3, -0.25) is 0 Å². The molecule has 0 amide bonds. The zero-order valence-corrected chi connectivity index (χ0v) is 26.0. The summed E-state index contributed by atoms with van der Waals surface area (Å²) in [6, 6.07) is 0. The predicted molar refractivity (Wildman–Crippen MR) is 169 cm³/mol. The Bertz CT molecular complexity index is 308. The molecule has 0 aromatic rings. The van der Waals surface area contributed by atoms with Crippen LogP contribution in [0.25, 0.3) is 0 Å². The third kappa shape index (κ3) is 36.1. The van der Waals surface area contributed by atoms with E-state index in [1.807, 2.05) is 0 Å². The third-order valence-electron chi connectivity index (χ3n) is 8.21. The van der Waals surface area contributed by atoms with Crippen LogP contribution in [0, 0.1) is 0 Å². The molecule has 0 atom stereocenters. The van der Waals surface area contributed by atoms with Crippen LogP contribution in [-0.2, 0) is 0 Å². The highest BCUT2D eigenvalue weighted by molar-refractivity contribution is 4.52. The summed E-state index contributed by atoms with van der Waals surface area (Å²) in [7, 11) is 0. The summed E-state index contributed by atoms with van der Waals surface area (Å²) >= 11 is 0. The van der Waals surface area contributed by atoms with Gasteiger partial charge in [-0.25, -0.2) is 0 Å². The molecule has 0 saturated carbocycles. The fourth-order valence-corrected chi connectivity index (χ4v) is 5.63. The van der Waals surface area contributed by atoms with Crippen molar-refractivity contribution in [2.24, 2.45) is 0 Å². The van der Waals surface area contributed by atoms with Crippen LogP contribution >= 0.6 is 0 Å². The first-order valence-electron chi connectivity index (χ1n) is 17.4. The summed E-state index contributed by atoms with van der Waals surface area (Å²) in [5, 5.41) is 0. The summed E-state index contributed by atoms with van der Waals surface area (Å²) in [6.45, 7) is 4.62. The smallest absolute Gasteiger partial charge is 0.0533 e. The average molecular weight is 510 g/mol. The number of rotatable bonds is 32. The summed E-state index contributed by atoms with van der Waals surface area (Å²) in [5.74, 6) is 0. The van der Waals surface area contributed by atoms with Crippen molar-refractivity contribution in [2.75, 3.05) is 0 Å². The van der Waals surface area contributed by atoms with Gasteiger partial charge in [0.2, 0.25) is 0 Å². The van der Waals surface area contributed by atoms with E-state index in [-0.39, 0.29) is 6.15 Å². The van der Waals surface area contributed by atoms with Gasteiger partial charge in [-0.15, -0.1) is 0 Å². The number of hydrogen-bond donors (Lipinski definition) is 1. The Kier molecular flexibility index (Phi) is 39.3. The maximum Gasteiger partial charge on any atom is -0.0533 e. The minimum atomic E-state index is 0. The first-order chi connectivity index (χ1) is 17.4. The van der Waals surface area contributed by atoms with Gasteiger partial charge >= 0.3 is 0 Å². The Morgan fingerprint density at radius 3 is 0.333 bits per heavy atom. The Morgan fingerprint density at radius 1 is 0.167 bits per heavy atom. The highest BCUT2D eigenvalue weighted by Gasteiger charge is 1.97. The minimum absolute atomic E-state index is 0. The van der Waals surface area contributed by atoms with Gasteiger partial charge in [0.1, 0.15) is 0 Å². The van der Waals surface area contributed by atoms with Gasteiger partial charge in [-0.1, -0.05) is 226 Å². The molecule has 1 heteroatoms. The highest BCUT2D eigenvalue weighted by atomic mass is 14.0. The maximum atomic E-state index is 2.31. The molecule has 0 rings (SSSR count). The molecule has 3 N–H and O–H groups in total. The first-order valence-corrected chi connectivity index (χ1v) is 17.4. The predicted octanol–water partition coefficient (Wildman–Crippen LogP) is 14.1. The molecule has 220 valence electrons. The second-order valence-electron chi connectivity index (χ2n) is 12.0. The second-order valence-corrected chi connectivity index (χ2v) is 12.0. The normalized spacial score (nSPS) is 11.2. The fraction of sp³-hybridized carbons (Fsp3) is 1.00. The monoisotopic (exact) mass is 510 g/mol. The SMILES string of the molecule is CCCCCCCCCCCCCCCCCCCCCCCCCCCCCCCCCCC.N. The van der Waals surface area contributed by atoms with Gasteiger partial charge in [0.05, 0.1) is 0 Å². The Hall–Kier alpha value is -0.0400. The van der Waals surface area contributed by atoms with Crippen molar-refractivity contribution >= 4 is 0 Å². The molecule has 0 saturated heterocycles. The van der Waals surface area contributed by atoms with Gasteiger partial charge in [0.15, 0.2) is 0 Å². The molecule has 36 heavy (non-hydrogen) atoms. The van der Waals surface area contributed by atoms with Crippen molar-refractivity contribution in [2.45, 2.75) is 226 Å². The summed E-state index contributed by atoms with van der Waals surface area (Å²) < 4.78 is 0. The molecule has 0 aliphatic heterocycles. The summed E-state index contributed by atoms with van der Waals surface area (Å²) in [6.07, 6.45) is 48.9. The highest BCUT2D eigenvalue weighted by Crippen LogP contribution is 2.16. The average Bonchev–Trinajstić information content (AvgIpc) is 2.87. The van der Waals surface area contributed by atoms with Crippen molar-refractivity contribution in [3.8, 4) is 0 Å². The minimum Gasteiger partial charge on any atom is -0.344 e. The molecule has 0 fully saturated rings. The molecular formula is C35H75N. The second kappa shape index (κ2) is 37.1. The number of unbranched alkanes of at least 4 members (excludes halogenated alkanes) is 32. The maximum absolute atomic E-state index is 2.31. The van der Waals surface area contributed by atoms with Crippen molar-refractivity contribution in [3.63, 3.8) is 0 Å². The van der Waals surface area contributed by atoms with Gasteiger partial charge in [0, 0.05) is 0 Å². The van der Waals surface area contributed by atoms with Crippen LogP contribution in [-0.4, -0.2) is 0 Å². The Balaban J connectivity index is 0. The lowest BCUT2D eigenvalue weighted by molar-refractivity contribution is 0.512. The van der Waals surface area contributed by atoms with E-state index in [9.17, 15) is 0 Å². The van der Waals surface area contributed by atoms with Crippen molar-refractivity contribution in [1.29, 1.82) is 0 Å². The van der Waals surface area contributed by atoms with Crippen molar-refractivity contribution in [3.05, 3.63) is 0 Å². The van der Waals surface area contributed by atoms with Crippen LogP contribution in [0.5, 0.6) is 0 Å². The van der Waals surface area contributed by atoms with Crippen molar-refractivity contribution < 1.29 is 0 Å². The van der Waals surface area contributed by atoms with Crippen LogP contribution in [0.2, 0.25) is 0 Å². The molecule has 0 aromatic heterocycles. The zero-order valence-electron chi connectivity index (χ0n) is 26.0. The van der Waals surface area contributed by atoms with Crippen LogP contribution in [0.3, 0.4) is 0 Å². The van der Waals surface area contributed by atoms with E-state index in [1.165, 1.54) is 212 Å². The van der Waals surface area contributed by atoms with Gasteiger partial charge in [-0.2, -0.15) is 0 Å². The van der Waals surface area contributed by atoms with E-state index in [0.29, 0.717) is 0 Å². The van der Waals surface area contributed by atoms with Crippen LogP contribution in [0.4, 0.5) is 0 Å². The van der Waals surface area contributed by atoms with Crippen LogP contribution in [0.15, 0.2) is 0 Å². The molecule has 0 heterocycles. The standard InChI is InChI=1S/C35H72.H3N/c1-3-5-7-9-11-13-15-17-19-21-23-25-27-29-31-33-35-34-32-30-28-26-24-22-20-18-16-14-12-10-8-6-4-2;/h3-35H2,1-2H3;1H3. The molecule has 0 aliphatic rings. The molecular weight excluding hydrogens is 434 g/mol. The van der Waals surface area contributed by atoms with Crippen LogP contribution in [0.1, 0.15) is 226 Å². The molecule has 0 radical (unpaired) electrons. The molecule has 1 nitrogen and oxygen atoms in total. The molecule has 0 unspecified atom stereocenters. The lowest BCUT2D eigenvalue weighted by atomic mass is 10.0. The molecule has 0 aliphatic carbocycles. The summed E-state index contributed by atoms with van der Waals surface area (Å²) in [5.41, 5.74) is 0. The Morgan fingerprint density at radius 2 is 0.250 bits per heavy atom. The fourth-order valence-electron chi connectivity index (χ4n) is 5.63. The van der Waals surface area contributed by atoms with Gasteiger partial charge in [0.25, 0.3) is 0 Å². The van der Waals surface area contributed by atoms with E-state index >= 15 is 0 Å².